The van der Waals surface area contributed by atoms with Gasteiger partial charge in [0.25, 0.3) is 5.91 Å². The highest BCUT2D eigenvalue weighted by atomic mass is 32.1. The number of carbonyl (C=O) groups excluding carboxylic acids is 1. The molecule has 1 atom stereocenters. The van der Waals surface area contributed by atoms with Gasteiger partial charge in [-0.1, -0.05) is 24.3 Å². The number of benzene rings is 2. The fourth-order valence-corrected chi connectivity index (χ4v) is 5.06. The standard InChI is InChI=1S/C27H29N3O2S/c1-5-29(6-2)27(32)21-12-10-20(11-13-21)26(22-8-7-9-24(31)16-22)30-19(4)25(18(3)28-30)23-14-15-33-17-23/h7-17,26,31H,5-6H2,1-4H3. The number of nitrogens with zero attached hydrogens (tertiary/aromatic N) is 3. The fourth-order valence-electron chi connectivity index (χ4n) is 4.41. The predicted octanol–water partition coefficient (Wildman–Crippen LogP) is 6.05. The van der Waals surface area contributed by atoms with Crippen molar-refractivity contribution in [3.05, 3.63) is 93.4 Å². The lowest BCUT2D eigenvalue weighted by Crippen LogP contribution is -2.30. The number of phenolic OH excluding ortho intramolecular Hbond substituents is 1. The summed E-state index contributed by atoms with van der Waals surface area (Å²) in [5.41, 5.74) is 6.92. The first-order chi connectivity index (χ1) is 15.9. The van der Waals surface area contributed by atoms with E-state index >= 15 is 0 Å². The van der Waals surface area contributed by atoms with Gasteiger partial charge in [-0.15, -0.1) is 0 Å². The lowest BCUT2D eigenvalue weighted by Gasteiger charge is -2.22. The molecule has 0 spiro atoms. The minimum atomic E-state index is -0.235. The van der Waals surface area contributed by atoms with Gasteiger partial charge in [0.2, 0.25) is 0 Å². The summed E-state index contributed by atoms with van der Waals surface area (Å²) >= 11 is 1.67. The van der Waals surface area contributed by atoms with E-state index in [1.165, 1.54) is 0 Å². The number of hydrogen-bond donors (Lipinski definition) is 1. The third-order valence-corrected chi connectivity index (χ3v) is 6.77. The highest BCUT2D eigenvalue weighted by Gasteiger charge is 2.24. The smallest absolute Gasteiger partial charge is 0.253 e. The molecule has 0 fully saturated rings. The molecule has 2 heterocycles. The van der Waals surface area contributed by atoms with Crippen LogP contribution in [0, 0.1) is 13.8 Å². The van der Waals surface area contributed by atoms with Gasteiger partial charge in [-0.3, -0.25) is 9.48 Å². The molecule has 0 saturated heterocycles. The zero-order chi connectivity index (χ0) is 23.5. The Balaban J connectivity index is 1.81. The topological polar surface area (TPSA) is 58.4 Å². The summed E-state index contributed by atoms with van der Waals surface area (Å²) in [5.74, 6) is 0.247. The maximum absolute atomic E-state index is 12.8. The van der Waals surface area contributed by atoms with Crippen molar-refractivity contribution >= 4 is 17.2 Å². The van der Waals surface area contributed by atoms with E-state index < -0.39 is 0 Å². The molecule has 1 unspecified atom stereocenters. The molecule has 33 heavy (non-hydrogen) atoms. The number of aromatic nitrogens is 2. The van der Waals surface area contributed by atoms with Gasteiger partial charge in [-0.2, -0.15) is 16.4 Å². The maximum Gasteiger partial charge on any atom is 0.253 e. The molecule has 1 amide bonds. The molecule has 4 aromatic rings. The molecule has 0 aliphatic rings. The number of carbonyl (C=O) groups is 1. The Hall–Kier alpha value is -3.38. The van der Waals surface area contributed by atoms with E-state index in [1.807, 2.05) is 66.8 Å². The van der Waals surface area contributed by atoms with Crippen molar-refractivity contribution in [3.63, 3.8) is 0 Å². The van der Waals surface area contributed by atoms with Crippen LogP contribution in [-0.2, 0) is 0 Å². The van der Waals surface area contributed by atoms with Gasteiger partial charge in [-0.25, -0.2) is 0 Å². The van der Waals surface area contributed by atoms with Crippen LogP contribution in [0.3, 0.4) is 0 Å². The van der Waals surface area contributed by atoms with Crippen LogP contribution in [-0.4, -0.2) is 38.8 Å². The molecule has 5 nitrogen and oxygen atoms in total. The van der Waals surface area contributed by atoms with Crippen molar-refractivity contribution in [2.24, 2.45) is 0 Å². The SMILES string of the molecule is CCN(CC)C(=O)c1ccc(C(c2cccc(O)c2)n2nc(C)c(-c3ccsc3)c2C)cc1. The van der Waals surface area contributed by atoms with Gasteiger partial charge in [0.1, 0.15) is 11.8 Å². The van der Waals surface area contributed by atoms with Crippen molar-refractivity contribution in [1.82, 2.24) is 14.7 Å². The molecule has 0 saturated carbocycles. The van der Waals surface area contributed by atoms with E-state index in [-0.39, 0.29) is 17.7 Å². The molecular formula is C27H29N3O2S. The van der Waals surface area contributed by atoms with Crippen molar-refractivity contribution < 1.29 is 9.90 Å². The van der Waals surface area contributed by atoms with E-state index in [9.17, 15) is 9.90 Å². The summed E-state index contributed by atoms with van der Waals surface area (Å²) in [6.07, 6.45) is 0. The molecule has 0 aliphatic carbocycles. The minimum Gasteiger partial charge on any atom is -0.508 e. The number of aromatic hydroxyl groups is 1. The minimum absolute atomic E-state index is 0.0336. The monoisotopic (exact) mass is 459 g/mol. The second-order valence-electron chi connectivity index (χ2n) is 8.10. The summed E-state index contributed by atoms with van der Waals surface area (Å²) in [4.78, 5) is 14.6. The second kappa shape index (κ2) is 9.63. The molecular weight excluding hydrogens is 430 g/mol. The molecule has 0 radical (unpaired) electrons. The summed E-state index contributed by atoms with van der Waals surface area (Å²) in [5, 5.41) is 19.3. The van der Waals surface area contributed by atoms with E-state index in [4.69, 9.17) is 5.10 Å². The third-order valence-electron chi connectivity index (χ3n) is 6.09. The quantitative estimate of drug-likeness (QED) is 0.366. The summed E-state index contributed by atoms with van der Waals surface area (Å²) in [6.45, 7) is 9.45. The molecule has 2 aromatic carbocycles. The summed E-state index contributed by atoms with van der Waals surface area (Å²) < 4.78 is 2.03. The van der Waals surface area contributed by atoms with E-state index in [1.54, 1.807) is 23.5 Å². The van der Waals surface area contributed by atoms with Gasteiger partial charge >= 0.3 is 0 Å². The van der Waals surface area contributed by atoms with Crippen LogP contribution in [0.25, 0.3) is 11.1 Å². The molecule has 170 valence electrons. The largest absolute Gasteiger partial charge is 0.508 e. The molecule has 4 rings (SSSR count). The van der Waals surface area contributed by atoms with Gasteiger partial charge in [0.05, 0.1) is 5.69 Å². The van der Waals surface area contributed by atoms with E-state index in [0.717, 1.165) is 33.6 Å². The number of rotatable bonds is 7. The molecule has 2 aromatic heterocycles. The number of amides is 1. The number of phenols is 1. The van der Waals surface area contributed by atoms with Crippen LogP contribution in [0.15, 0.2) is 65.4 Å². The van der Waals surface area contributed by atoms with Gasteiger partial charge in [-0.05, 0) is 85.5 Å². The lowest BCUT2D eigenvalue weighted by molar-refractivity contribution is 0.0773. The van der Waals surface area contributed by atoms with Crippen molar-refractivity contribution in [1.29, 1.82) is 0 Å². The van der Waals surface area contributed by atoms with Crippen LogP contribution in [0.4, 0.5) is 0 Å². The van der Waals surface area contributed by atoms with Crippen molar-refractivity contribution in [3.8, 4) is 16.9 Å². The first-order valence-electron chi connectivity index (χ1n) is 11.2. The molecule has 0 bridgehead atoms. The van der Waals surface area contributed by atoms with E-state index in [2.05, 4.69) is 23.8 Å². The molecule has 6 heteroatoms. The highest BCUT2D eigenvalue weighted by molar-refractivity contribution is 7.08. The highest BCUT2D eigenvalue weighted by Crippen LogP contribution is 2.35. The average molecular weight is 460 g/mol. The third kappa shape index (κ3) is 4.44. The van der Waals surface area contributed by atoms with Crippen molar-refractivity contribution in [2.75, 3.05) is 13.1 Å². The van der Waals surface area contributed by atoms with Gasteiger partial charge in [0.15, 0.2) is 0 Å². The number of aryl methyl sites for hydroxylation is 1. The van der Waals surface area contributed by atoms with Crippen molar-refractivity contribution in [2.45, 2.75) is 33.7 Å². The van der Waals surface area contributed by atoms with Crippen LogP contribution in [0.2, 0.25) is 0 Å². The Morgan fingerprint density at radius 2 is 1.79 bits per heavy atom. The number of hydrogen-bond acceptors (Lipinski definition) is 4. The zero-order valence-corrected chi connectivity index (χ0v) is 20.3. The van der Waals surface area contributed by atoms with Crippen LogP contribution in [0.1, 0.15) is 52.8 Å². The summed E-state index contributed by atoms with van der Waals surface area (Å²) in [6, 6.07) is 16.9. The molecule has 0 aliphatic heterocycles. The Morgan fingerprint density at radius 1 is 1.06 bits per heavy atom. The first kappa shape index (κ1) is 22.8. The predicted molar refractivity (Wildman–Crippen MR) is 134 cm³/mol. The molecule has 1 N–H and O–H groups in total. The van der Waals surface area contributed by atoms with Crippen LogP contribution < -0.4 is 0 Å². The van der Waals surface area contributed by atoms with Gasteiger partial charge in [0, 0.05) is 29.9 Å². The van der Waals surface area contributed by atoms with Crippen LogP contribution >= 0.6 is 11.3 Å². The Kier molecular flexibility index (Phi) is 6.65. The normalized spacial score (nSPS) is 12.0. The second-order valence-corrected chi connectivity index (χ2v) is 8.88. The Bertz CT molecular complexity index is 1240. The summed E-state index contributed by atoms with van der Waals surface area (Å²) in [7, 11) is 0. The average Bonchev–Trinajstić information content (AvgIpc) is 3.43. The van der Waals surface area contributed by atoms with Crippen LogP contribution in [0.5, 0.6) is 5.75 Å². The zero-order valence-electron chi connectivity index (χ0n) is 19.4. The van der Waals surface area contributed by atoms with E-state index in [0.29, 0.717) is 18.7 Å². The van der Waals surface area contributed by atoms with Gasteiger partial charge < -0.3 is 10.0 Å². The Labute approximate surface area is 198 Å². The Morgan fingerprint density at radius 3 is 2.39 bits per heavy atom. The number of thiophene rings is 1. The maximum atomic E-state index is 12.8. The lowest BCUT2D eigenvalue weighted by atomic mass is 9.96. The first-order valence-corrected chi connectivity index (χ1v) is 12.1. The fraction of sp³-hybridized carbons (Fsp3) is 0.259.